The SMILES string of the molecule is O=C(OCc1ccccc1)C1=C(O)CCn2ccnc21. The Bertz CT molecular complexity index is 659. The van der Waals surface area contributed by atoms with Crippen molar-refractivity contribution in [2.45, 2.75) is 19.6 Å². The third-order valence-corrected chi connectivity index (χ3v) is 3.23. The molecule has 0 amide bonds. The normalized spacial score (nSPS) is 14.0. The van der Waals surface area contributed by atoms with Crippen LogP contribution in [0.5, 0.6) is 0 Å². The van der Waals surface area contributed by atoms with E-state index in [9.17, 15) is 9.90 Å². The first-order valence-electron chi connectivity index (χ1n) is 6.40. The zero-order valence-corrected chi connectivity index (χ0v) is 10.8. The smallest absolute Gasteiger partial charge is 0.345 e. The van der Waals surface area contributed by atoms with Crippen molar-refractivity contribution < 1.29 is 14.6 Å². The zero-order chi connectivity index (χ0) is 13.9. The summed E-state index contributed by atoms with van der Waals surface area (Å²) < 4.78 is 7.09. The largest absolute Gasteiger partial charge is 0.511 e. The maximum absolute atomic E-state index is 12.1. The summed E-state index contributed by atoms with van der Waals surface area (Å²) in [6.07, 6.45) is 3.81. The molecular weight excluding hydrogens is 256 g/mol. The average Bonchev–Trinajstić information content (AvgIpc) is 2.94. The molecule has 0 atom stereocenters. The molecule has 0 saturated carbocycles. The van der Waals surface area contributed by atoms with E-state index in [1.54, 1.807) is 12.4 Å². The highest BCUT2D eigenvalue weighted by molar-refractivity contribution is 6.16. The Morgan fingerprint density at radius 2 is 2.15 bits per heavy atom. The lowest BCUT2D eigenvalue weighted by molar-refractivity contribution is -0.138. The molecule has 0 fully saturated rings. The lowest BCUT2D eigenvalue weighted by atomic mass is 10.1. The second-order valence-corrected chi connectivity index (χ2v) is 4.58. The molecule has 5 heteroatoms. The summed E-state index contributed by atoms with van der Waals surface area (Å²) in [5.41, 5.74) is 1.07. The van der Waals surface area contributed by atoms with Crippen LogP contribution in [-0.2, 0) is 22.7 Å². The number of hydrogen-bond donors (Lipinski definition) is 1. The minimum absolute atomic E-state index is 0.0433. The van der Waals surface area contributed by atoms with E-state index in [4.69, 9.17) is 4.74 Å². The van der Waals surface area contributed by atoms with E-state index in [1.165, 1.54) is 0 Å². The number of aliphatic hydroxyl groups excluding tert-OH is 1. The second-order valence-electron chi connectivity index (χ2n) is 4.58. The van der Waals surface area contributed by atoms with Crippen LogP contribution in [0.25, 0.3) is 5.57 Å². The molecule has 1 aromatic carbocycles. The van der Waals surface area contributed by atoms with Gasteiger partial charge in [-0.05, 0) is 5.56 Å². The highest BCUT2D eigenvalue weighted by Gasteiger charge is 2.26. The van der Waals surface area contributed by atoms with Crippen molar-refractivity contribution in [3.63, 3.8) is 0 Å². The summed E-state index contributed by atoms with van der Waals surface area (Å²) >= 11 is 0. The summed E-state index contributed by atoms with van der Waals surface area (Å²) in [5, 5.41) is 9.93. The first-order valence-corrected chi connectivity index (χ1v) is 6.40. The third-order valence-electron chi connectivity index (χ3n) is 3.23. The van der Waals surface area contributed by atoms with Crippen molar-refractivity contribution in [3.05, 3.63) is 59.9 Å². The molecule has 2 aromatic rings. The summed E-state index contributed by atoms with van der Waals surface area (Å²) in [7, 11) is 0. The van der Waals surface area contributed by atoms with Gasteiger partial charge in [0.15, 0.2) is 5.82 Å². The Kier molecular flexibility index (Phi) is 3.25. The number of aromatic nitrogens is 2. The zero-order valence-electron chi connectivity index (χ0n) is 10.8. The average molecular weight is 270 g/mol. The monoisotopic (exact) mass is 270 g/mol. The van der Waals surface area contributed by atoms with Gasteiger partial charge in [-0.1, -0.05) is 30.3 Å². The molecule has 1 aromatic heterocycles. The van der Waals surface area contributed by atoms with Crippen molar-refractivity contribution in [1.82, 2.24) is 9.55 Å². The molecule has 0 bridgehead atoms. The minimum atomic E-state index is -0.543. The molecule has 20 heavy (non-hydrogen) atoms. The van der Waals surface area contributed by atoms with E-state index in [-0.39, 0.29) is 17.9 Å². The number of imidazole rings is 1. The number of aliphatic hydroxyl groups is 1. The number of allylic oxidation sites excluding steroid dienone is 1. The van der Waals surface area contributed by atoms with Gasteiger partial charge in [0.1, 0.15) is 17.9 Å². The third kappa shape index (κ3) is 2.30. The Morgan fingerprint density at radius 3 is 2.95 bits per heavy atom. The molecule has 0 radical (unpaired) electrons. The van der Waals surface area contributed by atoms with Crippen LogP contribution in [0.4, 0.5) is 0 Å². The molecule has 5 nitrogen and oxygen atoms in total. The Morgan fingerprint density at radius 1 is 1.35 bits per heavy atom. The Labute approximate surface area is 116 Å². The van der Waals surface area contributed by atoms with Gasteiger partial charge in [-0.15, -0.1) is 0 Å². The summed E-state index contributed by atoms with van der Waals surface area (Å²) in [6, 6.07) is 9.42. The molecule has 2 heterocycles. The van der Waals surface area contributed by atoms with Gasteiger partial charge >= 0.3 is 5.97 Å². The van der Waals surface area contributed by atoms with Gasteiger partial charge in [0.25, 0.3) is 0 Å². The highest BCUT2D eigenvalue weighted by atomic mass is 16.5. The second kappa shape index (κ2) is 5.21. The first-order chi connectivity index (χ1) is 9.75. The van der Waals surface area contributed by atoms with Gasteiger partial charge in [-0.2, -0.15) is 0 Å². The highest BCUT2D eigenvalue weighted by Crippen LogP contribution is 2.25. The van der Waals surface area contributed by atoms with Crippen molar-refractivity contribution in [1.29, 1.82) is 0 Å². The van der Waals surface area contributed by atoms with Crippen molar-refractivity contribution in [2.75, 3.05) is 0 Å². The van der Waals surface area contributed by atoms with Crippen molar-refractivity contribution >= 4 is 11.5 Å². The summed E-state index contributed by atoms with van der Waals surface area (Å²) in [6.45, 7) is 0.799. The lowest BCUT2D eigenvalue weighted by Crippen LogP contribution is -2.18. The number of carbonyl (C=O) groups excluding carboxylic acids is 1. The molecule has 0 unspecified atom stereocenters. The molecule has 0 aliphatic carbocycles. The fourth-order valence-corrected chi connectivity index (χ4v) is 2.20. The van der Waals surface area contributed by atoms with Crippen LogP contribution in [-0.4, -0.2) is 20.6 Å². The summed E-state index contributed by atoms with van der Waals surface area (Å²) in [4.78, 5) is 16.3. The number of nitrogens with zero attached hydrogens (tertiary/aromatic N) is 2. The number of carbonyl (C=O) groups is 1. The van der Waals surface area contributed by atoms with Crippen molar-refractivity contribution in [3.8, 4) is 0 Å². The van der Waals surface area contributed by atoms with E-state index in [1.807, 2.05) is 34.9 Å². The maximum Gasteiger partial charge on any atom is 0.345 e. The van der Waals surface area contributed by atoms with Crippen molar-refractivity contribution in [2.24, 2.45) is 0 Å². The predicted molar refractivity (Wildman–Crippen MR) is 72.6 cm³/mol. The van der Waals surface area contributed by atoms with E-state index in [2.05, 4.69) is 4.98 Å². The minimum Gasteiger partial charge on any atom is -0.511 e. The van der Waals surface area contributed by atoms with Gasteiger partial charge in [-0.25, -0.2) is 9.78 Å². The lowest BCUT2D eigenvalue weighted by Gasteiger charge is -2.17. The van der Waals surface area contributed by atoms with Gasteiger partial charge in [0.2, 0.25) is 0 Å². The van der Waals surface area contributed by atoms with Crippen LogP contribution < -0.4 is 0 Å². The van der Waals surface area contributed by atoms with Crippen LogP contribution in [0.2, 0.25) is 0 Å². The molecule has 0 spiro atoms. The predicted octanol–water partition coefficient (Wildman–Crippen LogP) is 2.30. The van der Waals surface area contributed by atoms with Gasteiger partial charge in [-0.3, -0.25) is 0 Å². The Balaban J connectivity index is 1.77. The van der Waals surface area contributed by atoms with Gasteiger partial charge in [0.05, 0.1) is 0 Å². The summed E-state index contributed by atoms with van der Waals surface area (Å²) in [5.74, 6) is -0.0351. The number of esters is 1. The van der Waals surface area contributed by atoms with Gasteiger partial charge in [0, 0.05) is 25.4 Å². The molecule has 102 valence electrons. The number of fused-ring (bicyclic) bond motifs is 1. The molecule has 1 N–H and O–H groups in total. The maximum atomic E-state index is 12.1. The number of rotatable bonds is 3. The molecule has 0 saturated heterocycles. The quantitative estimate of drug-likeness (QED) is 0.869. The van der Waals surface area contributed by atoms with Crippen LogP contribution in [0.1, 0.15) is 17.8 Å². The number of hydrogen-bond acceptors (Lipinski definition) is 4. The topological polar surface area (TPSA) is 64.3 Å². The fourth-order valence-electron chi connectivity index (χ4n) is 2.20. The number of ether oxygens (including phenoxy) is 1. The van der Waals surface area contributed by atoms with Crippen LogP contribution in [0.3, 0.4) is 0 Å². The van der Waals surface area contributed by atoms with Crippen LogP contribution in [0, 0.1) is 0 Å². The molecule has 1 aliphatic heterocycles. The fraction of sp³-hybridized carbons (Fsp3) is 0.200. The number of benzene rings is 1. The first kappa shape index (κ1) is 12.5. The van der Waals surface area contributed by atoms with E-state index in [0.29, 0.717) is 18.8 Å². The molecule has 1 aliphatic rings. The van der Waals surface area contributed by atoms with E-state index < -0.39 is 5.97 Å². The Hall–Kier alpha value is -2.56. The molecular formula is C15H14N2O3. The van der Waals surface area contributed by atoms with E-state index in [0.717, 1.165) is 5.56 Å². The van der Waals surface area contributed by atoms with Crippen LogP contribution in [0.15, 0.2) is 48.5 Å². The number of aryl methyl sites for hydroxylation is 1. The molecule has 3 rings (SSSR count). The van der Waals surface area contributed by atoms with E-state index >= 15 is 0 Å². The standard InChI is InChI=1S/C15H14N2O3/c18-12-6-8-17-9-7-16-14(17)13(12)15(19)20-10-11-4-2-1-3-5-11/h1-5,7,9,18H,6,8,10H2. The van der Waals surface area contributed by atoms with Crippen LogP contribution >= 0.6 is 0 Å². The van der Waals surface area contributed by atoms with Gasteiger partial charge < -0.3 is 14.4 Å².